The molecule has 0 bridgehead atoms. The Balaban J connectivity index is 1.86. The second kappa shape index (κ2) is 8.21. The molecule has 2 N–H and O–H groups in total. The maximum atomic E-state index is 13.0. The summed E-state index contributed by atoms with van der Waals surface area (Å²) in [6.07, 6.45) is 0. The van der Waals surface area contributed by atoms with Crippen LogP contribution in [-0.2, 0) is 4.79 Å². The Morgan fingerprint density at radius 2 is 1.62 bits per heavy atom. The first-order valence-corrected chi connectivity index (χ1v) is 8.49. The van der Waals surface area contributed by atoms with E-state index in [1.807, 2.05) is 79.7 Å². The van der Waals surface area contributed by atoms with Crippen LogP contribution in [0.1, 0.15) is 17.2 Å². The highest BCUT2D eigenvalue weighted by atomic mass is 16.5. The van der Waals surface area contributed by atoms with Crippen molar-refractivity contribution in [3.63, 3.8) is 0 Å². The third kappa shape index (κ3) is 4.42. The molecule has 0 saturated carbocycles. The van der Waals surface area contributed by atoms with Gasteiger partial charge < -0.3 is 15.4 Å². The van der Waals surface area contributed by atoms with Crippen molar-refractivity contribution in [3.8, 4) is 5.75 Å². The maximum Gasteiger partial charge on any atom is 0.251 e. The number of carbonyl (C=O) groups is 1. The van der Waals surface area contributed by atoms with E-state index in [-0.39, 0.29) is 5.91 Å². The average Bonchev–Trinajstić information content (AvgIpc) is 2.67. The van der Waals surface area contributed by atoms with Crippen LogP contribution in [0.25, 0.3) is 0 Å². The highest BCUT2D eigenvalue weighted by Crippen LogP contribution is 2.23. The molecule has 0 fully saturated rings. The van der Waals surface area contributed by atoms with Crippen molar-refractivity contribution in [2.75, 3.05) is 17.7 Å². The van der Waals surface area contributed by atoms with Gasteiger partial charge in [-0.1, -0.05) is 48.5 Å². The summed E-state index contributed by atoms with van der Waals surface area (Å²) in [6.45, 7) is 2.03. The van der Waals surface area contributed by atoms with E-state index >= 15 is 0 Å². The number of benzene rings is 3. The van der Waals surface area contributed by atoms with Gasteiger partial charge in [0.2, 0.25) is 0 Å². The molecule has 4 nitrogen and oxygen atoms in total. The summed E-state index contributed by atoms with van der Waals surface area (Å²) in [6, 6.07) is 24.5. The van der Waals surface area contributed by atoms with E-state index in [0.717, 1.165) is 16.8 Å². The molecule has 0 heterocycles. The fourth-order valence-corrected chi connectivity index (χ4v) is 2.76. The third-order valence-electron chi connectivity index (χ3n) is 4.06. The molecule has 0 aliphatic carbocycles. The minimum Gasteiger partial charge on any atom is -0.497 e. The number of methoxy groups -OCH3 is 1. The van der Waals surface area contributed by atoms with Crippen LogP contribution >= 0.6 is 0 Å². The Morgan fingerprint density at radius 3 is 2.35 bits per heavy atom. The zero-order valence-corrected chi connectivity index (χ0v) is 14.9. The van der Waals surface area contributed by atoms with Crippen LogP contribution in [0.4, 0.5) is 11.4 Å². The van der Waals surface area contributed by atoms with E-state index < -0.39 is 6.04 Å². The van der Waals surface area contributed by atoms with E-state index in [1.165, 1.54) is 0 Å². The van der Waals surface area contributed by atoms with Crippen LogP contribution in [0, 0.1) is 6.92 Å². The van der Waals surface area contributed by atoms with Crippen molar-refractivity contribution in [1.29, 1.82) is 0 Å². The molecular weight excluding hydrogens is 324 g/mol. The minimum atomic E-state index is -0.510. The second-order valence-corrected chi connectivity index (χ2v) is 6.08. The average molecular weight is 346 g/mol. The van der Waals surface area contributed by atoms with Crippen LogP contribution in [-0.4, -0.2) is 13.0 Å². The highest BCUT2D eigenvalue weighted by Gasteiger charge is 2.20. The van der Waals surface area contributed by atoms with E-state index in [9.17, 15) is 4.79 Å². The molecule has 0 spiro atoms. The smallest absolute Gasteiger partial charge is 0.251 e. The van der Waals surface area contributed by atoms with Gasteiger partial charge in [0.1, 0.15) is 11.8 Å². The van der Waals surface area contributed by atoms with Crippen molar-refractivity contribution in [1.82, 2.24) is 0 Å². The van der Waals surface area contributed by atoms with Crippen molar-refractivity contribution < 1.29 is 9.53 Å². The fourth-order valence-electron chi connectivity index (χ4n) is 2.76. The van der Waals surface area contributed by atoms with Gasteiger partial charge in [-0.15, -0.1) is 0 Å². The SMILES string of the molecule is COc1cccc(NC(=O)[C@H](Nc2cccc(C)c2)c2ccccc2)c1. The lowest BCUT2D eigenvalue weighted by Crippen LogP contribution is -2.27. The molecule has 0 aliphatic heterocycles. The summed E-state index contributed by atoms with van der Waals surface area (Å²) in [5.74, 6) is 0.566. The molecule has 4 heteroatoms. The molecule has 0 aliphatic rings. The van der Waals surface area contributed by atoms with E-state index in [0.29, 0.717) is 11.4 Å². The van der Waals surface area contributed by atoms with Crippen molar-refractivity contribution in [3.05, 3.63) is 90.0 Å². The second-order valence-electron chi connectivity index (χ2n) is 6.08. The number of hydrogen-bond acceptors (Lipinski definition) is 3. The van der Waals surface area contributed by atoms with Gasteiger partial charge >= 0.3 is 0 Å². The van der Waals surface area contributed by atoms with Crippen molar-refractivity contribution in [2.45, 2.75) is 13.0 Å². The van der Waals surface area contributed by atoms with Gasteiger partial charge in [-0.25, -0.2) is 0 Å². The summed E-state index contributed by atoms with van der Waals surface area (Å²) in [7, 11) is 1.60. The molecule has 3 aromatic carbocycles. The Kier molecular flexibility index (Phi) is 5.54. The first-order chi connectivity index (χ1) is 12.7. The molecule has 1 atom stereocenters. The monoisotopic (exact) mass is 346 g/mol. The van der Waals surface area contributed by atoms with E-state index in [2.05, 4.69) is 10.6 Å². The highest BCUT2D eigenvalue weighted by molar-refractivity contribution is 5.97. The first kappa shape index (κ1) is 17.5. The lowest BCUT2D eigenvalue weighted by Gasteiger charge is -2.20. The summed E-state index contributed by atoms with van der Waals surface area (Å²) in [5, 5.41) is 6.31. The van der Waals surface area contributed by atoms with Gasteiger partial charge in [-0.3, -0.25) is 4.79 Å². The number of aryl methyl sites for hydroxylation is 1. The molecule has 26 heavy (non-hydrogen) atoms. The molecular formula is C22H22N2O2. The van der Waals surface area contributed by atoms with Crippen LogP contribution < -0.4 is 15.4 Å². The number of hydrogen-bond donors (Lipinski definition) is 2. The Bertz CT molecular complexity index is 878. The van der Waals surface area contributed by atoms with Gasteiger partial charge in [0.15, 0.2) is 0 Å². The summed E-state index contributed by atoms with van der Waals surface area (Å²) < 4.78 is 5.22. The molecule has 0 saturated heterocycles. The van der Waals surface area contributed by atoms with Crippen LogP contribution in [0.5, 0.6) is 5.75 Å². The summed E-state index contributed by atoms with van der Waals surface area (Å²) in [5.41, 5.74) is 3.63. The number of nitrogens with one attached hydrogen (secondary N) is 2. The molecule has 132 valence electrons. The summed E-state index contributed by atoms with van der Waals surface area (Å²) in [4.78, 5) is 13.0. The zero-order chi connectivity index (χ0) is 18.4. The predicted molar refractivity (Wildman–Crippen MR) is 106 cm³/mol. The first-order valence-electron chi connectivity index (χ1n) is 8.49. The molecule has 0 radical (unpaired) electrons. The number of rotatable bonds is 6. The predicted octanol–water partition coefficient (Wildman–Crippen LogP) is 4.80. The number of amides is 1. The Labute approximate surface area is 153 Å². The largest absolute Gasteiger partial charge is 0.497 e. The minimum absolute atomic E-state index is 0.133. The maximum absolute atomic E-state index is 13.0. The Morgan fingerprint density at radius 1 is 0.885 bits per heavy atom. The Hall–Kier alpha value is -3.27. The molecule has 0 unspecified atom stereocenters. The zero-order valence-electron chi connectivity index (χ0n) is 14.9. The quantitative estimate of drug-likeness (QED) is 0.674. The van der Waals surface area contributed by atoms with Crippen molar-refractivity contribution in [2.24, 2.45) is 0 Å². The number of ether oxygens (including phenoxy) is 1. The summed E-state index contributed by atoms with van der Waals surface area (Å²) >= 11 is 0. The topological polar surface area (TPSA) is 50.4 Å². The molecule has 1 amide bonds. The van der Waals surface area contributed by atoms with Gasteiger partial charge in [-0.2, -0.15) is 0 Å². The van der Waals surface area contributed by atoms with Gasteiger partial charge in [0, 0.05) is 17.4 Å². The van der Waals surface area contributed by atoms with Crippen LogP contribution in [0.15, 0.2) is 78.9 Å². The van der Waals surface area contributed by atoms with Gasteiger partial charge in [0.05, 0.1) is 7.11 Å². The molecule has 3 rings (SSSR count). The standard InChI is InChI=1S/C22H22N2O2/c1-16-8-6-11-18(14-16)23-21(17-9-4-3-5-10-17)22(25)24-19-12-7-13-20(15-19)26-2/h3-15,21,23H,1-2H3,(H,24,25)/t21-/m1/s1. The number of carbonyl (C=O) groups excluding carboxylic acids is 1. The lowest BCUT2D eigenvalue weighted by molar-refractivity contribution is -0.117. The van der Waals surface area contributed by atoms with Gasteiger partial charge in [-0.05, 0) is 42.3 Å². The van der Waals surface area contributed by atoms with Crippen LogP contribution in [0.3, 0.4) is 0 Å². The molecule has 0 aromatic heterocycles. The van der Waals surface area contributed by atoms with Gasteiger partial charge in [0.25, 0.3) is 5.91 Å². The number of anilines is 2. The van der Waals surface area contributed by atoms with Crippen LogP contribution in [0.2, 0.25) is 0 Å². The fraction of sp³-hybridized carbons (Fsp3) is 0.136. The van der Waals surface area contributed by atoms with E-state index in [4.69, 9.17) is 4.74 Å². The van der Waals surface area contributed by atoms with Crippen molar-refractivity contribution >= 4 is 17.3 Å². The molecule has 3 aromatic rings. The normalized spacial score (nSPS) is 11.5. The lowest BCUT2D eigenvalue weighted by atomic mass is 10.1. The third-order valence-corrected chi connectivity index (χ3v) is 4.06. The van der Waals surface area contributed by atoms with E-state index in [1.54, 1.807) is 13.2 Å².